The Labute approximate surface area is 174 Å². The number of carbonyl (C=O) groups excluding carboxylic acids is 1. The molecule has 0 unspecified atom stereocenters. The SMILES string of the molecule is Cc1cc2nc(SCC(=O)Nc3cccc(F)c3)n(-c3ccc(F)cc3)c(=O)c2[nH]1. The van der Waals surface area contributed by atoms with Crippen LogP contribution in [0.4, 0.5) is 14.5 Å². The molecule has 0 bridgehead atoms. The lowest BCUT2D eigenvalue weighted by atomic mass is 10.3. The summed E-state index contributed by atoms with van der Waals surface area (Å²) in [6, 6.07) is 12.7. The third-order valence-electron chi connectivity index (χ3n) is 4.28. The summed E-state index contributed by atoms with van der Waals surface area (Å²) < 4.78 is 28.0. The Morgan fingerprint density at radius 3 is 2.63 bits per heavy atom. The van der Waals surface area contributed by atoms with E-state index >= 15 is 0 Å². The summed E-state index contributed by atoms with van der Waals surface area (Å²) in [5.74, 6) is -1.32. The fourth-order valence-corrected chi connectivity index (χ4v) is 3.80. The van der Waals surface area contributed by atoms with E-state index in [1.165, 1.54) is 47.0 Å². The van der Waals surface area contributed by atoms with Gasteiger partial charge in [0.25, 0.3) is 5.56 Å². The van der Waals surface area contributed by atoms with Crippen LogP contribution in [0, 0.1) is 18.6 Å². The van der Waals surface area contributed by atoms with Gasteiger partial charge in [0.15, 0.2) is 5.16 Å². The summed E-state index contributed by atoms with van der Waals surface area (Å²) in [6.07, 6.45) is 0. The van der Waals surface area contributed by atoms with Crippen molar-refractivity contribution in [1.82, 2.24) is 14.5 Å². The molecule has 0 aliphatic carbocycles. The third kappa shape index (κ3) is 4.11. The summed E-state index contributed by atoms with van der Waals surface area (Å²) in [6.45, 7) is 1.81. The fourth-order valence-electron chi connectivity index (χ4n) is 2.99. The number of anilines is 1. The molecule has 0 saturated heterocycles. The Hall–Kier alpha value is -3.46. The highest BCUT2D eigenvalue weighted by molar-refractivity contribution is 7.99. The van der Waals surface area contributed by atoms with E-state index in [1.54, 1.807) is 12.1 Å². The Balaban J connectivity index is 1.66. The van der Waals surface area contributed by atoms with E-state index in [1.807, 2.05) is 6.92 Å². The number of hydrogen-bond acceptors (Lipinski definition) is 4. The number of nitrogens with one attached hydrogen (secondary N) is 2. The molecule has 152 valence electrons. The normalized spacial score (nSPS) is 11.0. The summed E-state index contributed by atoms with van der Waals surface area (Å²) in [5, 5.41) is 2.89. The van der Waals surface area contributed by atoms with E-state index in [9.17, 15) is 18.4 Å². The van der Waals surface area contributed by atoms with Crippen molar-refractivity contribution in [2.75, 3.05) is 11.1 Å². The van der Waals surface area contributed by atoms with Gasteiger partial charge in [-0.2, -0.15) is 0 Å². The first-order chi connectivity index (χ1) is 14.4. The van der Waals surface area contributed by atoms with Crippen LogP contribution in [-0.2, 0) is 4.79 Å². The largest absolute Gasteiger partial charge is 0.353 e. The number of halogens is 2. The van der Waals surface area contributed by atoms with Crippen LogP contribution in [0.25, 0.3) is 16.7 Å². The van der Waals surface area contributed by atoms with Crippen molar-refractivity contribution < 1.29 is 13.6 Å². The van der Waals surface area contributed by atoms with Crippen molar-refractivity contribution in [3.63, 3.8) is 0 Å². The zero-order valence-corrected chi connectivity index (χ0v) is 16.6. The zero-order valence-electron chi connectivity index (χ0n) is 15.8. The highest BCUT2D eigenvalue weighted by Gasteiger charge is 2.16. The maximum atomic E-state index is 13.4. The van der Waals surface area contributed by atoms with E-state index in [-0.39, 0.29) is 22.4 Å². The molecule has 0 aliphatic rings. The maximum Gasteiger partial charge on any atom is 0.283 e. The molecule has 0 fully saturated rings. The molecule has 4 aromatic rings. The van der Waals surface area contributed by atoms with Crippen molar-refractivity contribution in [2.24, 2.45) is 0 Å². The Bertz CT molecular complexity index is 1300. The van der Waals surface area contributed by atoms with E-state index in [4.69, 9.17) is 0 Å². The molecule has 0 atom stereocenters. The van der Waals surface area contributed by atoms with Crippen LogP contribution in [0.5, 0.6) is 0 Å². The van der Waals surface area contributed by atoms with Gasteiger partial charge in [-0.05, 0) is 55.5 Å². The molecule has 2 heterocycles. The maximum absolute atomic E-state index is 13.4. The van der Waals surface area contributed by atoms with Crippen LogP contribution in [0.15, 0.2) is 64.5 Å². The number of hydrogen-bond donors (Lipinski definition) is 2. The van der Waals surface area contributed by atoms with Crippen LogP contribution in [0.2, 0.25) is 0 Å². The quantitative estimate of drug-likeness (QED) is 0.373. The molecule has 0 spiro atoms. The molecule has 30 heavy (non-hydrogen) atoms. The van der Waals surface area contributed by atoms with Crippen molar-refractivity contribution in [2.45, 2.75) is 12.1 Å². The van der Waals surface area contributed by atoms with Crippen LogP contribution in [0.1, 0.15) is 5.69 Å². The van der Waals surface area contributed by atoms with Crippen molar-refractivity contribution in [3.8, 4) is 5.69 Å². The van der Waals surface area contributed by atoms with E-state index in [2.05, 4.69) is 15.3 Å². The van der Waals surface area contributed by atoms with Gasteiger partial charge in [0.1, 0.15) is 17.2 Å². The smallest absolute Gasteiger partial charge is 0.283 e. The number of nitrogens with zero attached hydrogens (tertiary/aromatic N) is 2. The molecule has 1 amide bonds. The number of thioether (sulfide) groups is 1. The number of H-pyrrole nitrogens is 1. The number of rotatable bonds is 5. The standard InChI is InChI=1S/C21H16F2N4O2S/c1-12-9-17-19(24-12)20(29)27(16-7-5-13(22)6-8-16)21(26-17)30-11-18(28)25-15-4-2-3-14(23)10-15/h2-10,24H,11H2,1H3,(H,25,28). The minimum Gasteiger partial charge on any atom is -0.353 e. The molecule has 0 saturated carbocycles. The molecular formula is C21H16F2N4O2S. The van der Waals surface area contributed by atoms with Crippen molar-refractivity contribution in [1.29, 1.82) is 0 Å². The first-order valence-electron chi connectivity index (χ1n) is 8.97. The number of fused-ring (bicyclic) bond motifs is 1. The minimum atomic E-state index is -0.458. The zero-order chi connectivity index (χ0) is 21.3. The molecule has 4 rings (SSSR count). The third-order valence-corrected chi connectivity index (χ3v) is 5.22. The fraction of sp³-hybridized carbons (Fsp3) is 0.0952. The Morgan fingerprint density at radius 1 is 1.13 bits per heavy atom. The Kier molecular flexibility index (Phi) is 5.37. The summed E-state index contributed by atoms with van der Waals surface area (Å²) in [4.78, 5) is 32.9. The second-order valence-corrected chi connectivity index (χ2v) is 7.51. The van der Waals surface area contributed by atoms with E-state index in [0.29, 0.717) is 22.4 Å². The van der Waals surface area contributed by atoms with Gasteiger partial charge >= 0.3 is 0 Å². The van der Waals surface area contributed by atoms with Gasteiger partial charge in [0.2, 0.25) is 5.91 Å². The molecule has 0 radical (unpaired) electrons. The summed E-state index contributed by atoms with van der Waals surface area (Å²) in [5.41, 5.74) is 1.98. The van der Waals surface area contributed by atoms with Crippen LogP contribution in [0.3, 0.4) is 0 Å². The summed E-state index contributed by atoms with van der Waals surface area (Å²) >= 11 is 1.05. The lowest BCUT2D eigenvalue weighted by Crippen LogP contribution is -2.23. The second kappa shape index (κ2) is 8.11. The molecule has 9 heteroatoms. The topological polar surface area (TPSA) is 79.8 Å². The number of aromatic nitrogens is 3. The van der Waals surface area contributed by atoms with E-state index in [0.717, 1.165) is 17.5 Å². The predicted molar refractivity (Wildman–Crippen MR) is 112 cm³/mol. The Morgan fingerprint density at radius 2 is 1.90 bits per heavy atom. The van der Waals surface area contributed by atoms with Gasteiger partial charge in [-0.25, -0.2) is 13.8 Å². The average molecular weight is 426 g/mol. The predicted octanol–water partition coefficient (Wildman–Crippen LogP) is 4.03. The van der Waals surface area contributed by atoms with Crippen molar-refractivity contribution in [3.05, 3.63) is 82.3 Å². The molecule has 2 N–H and O–H groups in total. The van der Waals surface area contributed by atoms with E-state index < -0.39 is 11.6 Å². The highest BCUT2D eigenvalue weighted by atomic mass is 32.2. The first kappa shape index (κ1) is 19.8. The number of amides is 1. The highest BCUT2D eigenvalue weighted by Crippen LogP contribution is 2.22. The van der Waals surface area contributed by atoms with Gasteiger partial charge in [-0.15, -0.1) is 0 Å². The monoisotopic (exact) mass is 426 g/mol. The number of carbonyl (C=O) groups is 1. The molecule has 2 aromatic heterocycles. The van der Waals surface area contributed by atoms with Crippen LogP contribution in [-0.4, -0.2) is 26.2 Å². The number of aryl methyl sites for hydroxylation is 1. The number of benzene rings is 2. The van der Waals surface area contributed by atoms with Crippen LogP contribution >= 0.6 is 11.8 Å². The average Bonchev–Trinajstić information content (AvgIpc) is 3.08. The molecular weight excluding hydrogens is 410 g/mol. The van der Waals surface area contributed by atoms with Crippen LogP contribution < -0.4 is 10.9 Å². The van der Waals surface area contributed by atoms with Gasteiger partial charge in [0.05, 0.1) is 17.0 Å². The number of aromatic amines is 1. The lowest BCUT2D eigenvalue weighted by molar-refractivity contribution is -0.113. The summed E-state index contributed by atoms with van der Waals surface area (Å²) in [7, 11) is 0. The lowest BCUT2D eigenvalue weighted by Gasteiger charge is -2.12. The van der Waals surface area contributed by atoms with Gasteiger partial charge < -0.3 is 10.3 Å². The first-order valence-corrected chi connectivity index (χ1v) is 9.96. The molecule has 0 aliphatic heterocycles. The van der Waals surface area contributed by atoms with Gasteiger partial charge in [-0.3, -0.25) is 14.2 Å². The molecule has 6 nitrogen and oxygen atoms in total. The minimum absolute atomic E-state index is 0.0565. The second-order valence-electron chi connectivity index (χ2n) is 6.57. The van der Waals surface area contributed by atoms with Gasteiger partial charge in [-0.1, -0.05) is 17.8 Å². The van der Waals surface area contributed by atoms with Crippen molar-refractivity contribution >= 4 is 34.4 Å². The molecule has 2 aromatic carbocycles. The van der Waals surface area contributed by atoms with Gasteiger partial charge in [0, 0.05) is 11.4 Å².